The molecule has 0 aliphatic carbocycles. The van der Waals surface area contributed by atoms with Gasteiger partial charge in [-0.15, -0.1) is 0 Å². The summed E-state index contributed by atoms with van der Waals surface area (Å²) in [5, 5.41) is 6.10. The molecule has 3 aromatic heterocycles. The summed E-state index contributed by atoms with van der Waals surface area (Å²) in [4.78, 5) is 20.7. The van der Waals surface area contributed by atoms with Crippen molar-refractivity contribution in [2.75, 3.05) is 7.11 Å². The van der Waals surface area contributed by atoms with E-state index < -0.39 is 17.8 Å². The van der Waals surface area contributed by atoms with E-state index in [0.717, 1.165) is 6.07 Å². The van der Waals surface area contributed by atoms with Gasteiger partial charge in [-0.1, -0.05) is 17.7 Å². The number of nitrogens with zero attached hydrogens (tertiary/aromatic N) is 4. The van der Waals surface area contributed by atoms with Crippen LogP contribution in [0.4, 0.5) is 13.2 Å². The Kier molecular flexibility index (Phi) is 5.70. The van der Waals surface area contributed by atoms with Crippen molar-refractivity contribution in [3.8, 4) is 17.0 Å². The van der Waals surface area contributed by atoms with Crippen molar-refractivity contribution >= 4 is 23.2 Å². The Morgan fingerprint density at radius 3 is 2.59 bits per heavy atom. The smallest absolute Gasteiger partial charge is 0.433 e. The maximum absolute atomic E-state index is 13.8. The first-order chi connectivity index (χ1) is 15.3. The average molecular weight is 462 g/mol. The van der Waals surface area contributed by atoms with E-state index in [-0.39, 0.29) is 28.6 Å². The third-order valence-electron chi connectivity index (χ3n) is 4.60. The standard InChI is InChI=1S/C21H15ClF3N5O2/c1-32-14-6-4-13(5-7-14)15-9-16(21(23,24)25)30-19(28-15)17(22)18(29-30)20(31)27-11-12-3-2-8-26-10-12/h2-10H,11H2,1H3,(H,27,31). The van der Waals surface area contributed by atoms with Crippen molar-refractivity contribution in [3.63, 3.8) is 0 Å². The lowest BCUT2D eigenvalue weighted by Crippen LogP contribution is -2.23. The SMILES string of the molecule is COc1ccc(-c2cc(C(F)(F)F)n3nc(C(=O)NCc4cccnc4)c(Cl)c3n2)cc1. The zero-order valence-corrected chi connectivity index (χ0v) is 17.3. The van der Waals surface area contributed by atoms with E-state index in [0.29, 0.717) is 21.4 Å². The second-order valence-electron chi connectivity index (χ2n) is 6.69. The molecule has 164 valence electrons. The minimum Gasteiger partial charge on any atom is -0.497 e. The van der Waals surface area contributed by atoms with Crippen LogP contribution in [0.2, 0.25) is 5.02 Å². The molecule has 32 heavy (non-hydrogen) atoms. The van der Waals surface area contributed by atoms with E-state index in [4.69, 9.17) is 16.3 Å². The van der Waals surface area contributed by atoms with Crippen molar-refractivity contribution in [3.05, 3.63) is 76.8 Å². The monoisotopic (exact) mass is 461 g/mol. The number of rotatable bonds is 5. The summed E-state index contributed by atoms with van der Waals surface area (Å²) in [7, 11) is 1.48. The van der Waals surface area contributed by atoms with Crippen LogP contribution in [0.3, 0.4) is 0 Å². The van der Waals surface area contributed by atoms with E-state index in [1.54, 1.807) is 48.8 Å². The molecule has 1 aromatic carbocycles. The fraction of sp³-hybridized carbons (Fsp3) is 0.143. The van der Waals surface area contributed by atoms with Crippen LogP contribution in [-0.2, 0) is 12.7 Å². The fourth-order valence-corrected chi connectivity index (χ4v) is 3.26. The Hall–Kier alpha value is -3.66. The molecule has 7 nitrogen and oxygen atoms in total. The van der Waals surface area contributed by atoms with Gasteiger partial charge in [0.05, 0.1) is 12.8 Å². The lowest BCUT2D eigenvalue weighted by molar-refractivity contribution is -0.142. The first kappa shape index (κ1) is 21.6. The Morgan fingerprint density at radius 2 is 1.97 bits per heavy atom. The van der Waals surface area contributed by atoms with Gasteiger partial charge in [-0.05, 0) is 42.0 Å². The van der Waals surface area contributed by atoms with Crippen LogP contribution in [-0.4, -0.2) is 32.6 Å². The van der Waals surface area contributed by atoms with E-state index in [1.807, 2.05) is 0 Å². The van der Waals surface area contributed by atoms with Gasteiger partial charge in [0.25, 0.3) is 5.91 Å². The number of aromatic nitrogens is 4. The number of ether oxygens (including phenoxy) is 1. The van der Waals surface area contributed by atoms with Crippen LogP contribution in [0.15, 0.2) is 54.9 Å². The number of methoxy groups -OCH3 is 1. The summed E-state index contributed by atoms with van der Waals surface area (Å²) < 4.78 is 47.0. The van der Waals surface area contributed by atoms with Crippen molar-refractivity contribution in [1.82, 2.24) is 24.9 Å². The Morgan fingerprint density at radius 1 is 1.22 bits per heavy atom. The van der Waals surface area contributed by atoms with Gasteiger partial charge in [0.1, 0.15) is 10.8 Å². The highest BCUT2D eigenvalue weighted by molar-refractivity contribution is 6.36. The van der Waals surface area contributed by atoms with E-state index in [2.05, 4.69) is 20.4 Å². The van der Waals surface area contributed by atoms with Gasteiger partial charge in [-0.2, -0.15) is 18.3 Å². The molecule has 0 aliphatic heterocycles. The molecule has 0 radical (unpaired) electrons. The van der Waals surface area contributed by atoms with Gasteiger partial charge < -0.3 is 10.1 Å². The lowest BCUT2D eigenvalue weighted by Gasteiger charge is -2.11. The quantitative estimate of drug-likeness (QED) is 0.476. The molecule has 11 heteroatoms. The largest absolute Gasteiger partial charge is 0.497 e. The predicted molar refractivity (Wildman–Crippen MR) is 110 cm³/mol. The number of amides is 1. The minimum absolute atomic E-state index is 0.0246. The maximum Gasteiger partial charge on any atom is 0.433 e. The molecule has 3 heterocycles. The summed E-state index contributed by atoms with van der Waals surface area (Å²) in [6.45, 7) is 0.105. The molecule has 0 unspecified atom stereocenters. The number of pyridine rings is 1. The second kappa shape index (κ2) is 8.46. The maximum atomic E-state index is 13.8. The number of halogens is 4. The summed E-state index contributed by atoms with van der Waals surface area (Å²) in [6.07, 6.45) is -1.63. The normalized spacial score (nSPS) is 11.5. The Balaban J connectivity index is 1.76. The molecular weight excluding hydrogens is 447 g/mol. The molecule has 0 fully saturated rings. The molecule has 0 saturated carbocycles. The minimum atomic E-state index is -4.76. The van der Waals surface area contributed by atoms with Crippen LogP contribution in [0.5, 0.6) is 5.75 Å². The topological polar surface area (TPSA) is 81.4 Å². The van der Waals surface area contributed by atoms with Crippen molar-refractivity contribution in [2.45, 2.75) is 12.7 Å². The summed E-state index contributed by atoms with van der Waals surface area (Å²) in [6, 6.07) is 10.6. The number of fused-ring (bicyclic) bond motifs is 1. The van der Waals surface area contributed by atoms with E-state index >= 15 is 0 Å². The van der Waals surface area contributed by atoms with Gasteiger partial charge in [0, 0.05) is 24.5 Å². The third kappa shape index (κ3) is 4.22. The molecule has 0 bridgehead atoms. The molecule has 0 saturated heterocycles. The molecule has 0 atom stereocenters. The van der Waals surface area contributed by atoms with Crippen LogP contribution in [0, 0.1) is 0 Å². The molecule has 1 amide bonds. The highest BCUT2D eigenvalue weighted by Crippen LogP contribution is 2.34. The zero-order valence-electron chi connectivity index (χ0n) is 16.5. The summed E-state index contributed by atoms with van der Waals surface area (Å²) in [5.41, 5.74) is -0.604. The molecule has 4 aromatic rings. The predicted octanol–water partition coefficient (Wildman–Crippen LogP) is 4.40. The highest BCUT2D eigenvalue weighted by Gasteiger charge is 2.36. The number of benzene rings is 1. The van der Waals surface area contributed by atoms with Gasteiger partial charge in [0.15, 0.2) is 17.0 Å². The molecular formula is C21H15ClF3N5O2. The number of hydrogen-bond acceptors (Lipinski definition) is 5. The zero-order chi connectivity index (χ0) is 22.9. The van der Waals surface area contributed by atoms with Gasteiger partial charge >= 0.3 is 6.18 Å². The van der Waals surface area contributed by atoms with Crippen molar-refractivity contribution in [1.29, 1.82) is 0 Å². The van der Waals surface area contributed by atoms with Crippen LogP contribution in [0.1, 0.15) is 21.7 Å². The highest BCUT2D eigenvalue weighted by atomic mass is 35.5. The van der Waals surface area contributed by atoms with Crippen molar-refractivity contribution < 1.29 is 22.7 Å². The molecule has 0 spiro atoms. The van der Waals surface area contributed by atoms with E-state index in [1.165, 1.54) is 7.11 Å². The van der Waals surface area contributed by atoms with Gasteiger partial charge in [-0.3, -0.25) is 9.78 Å². The number of alkyl halides is 3. The number of nitrogens with one attached hydrogen (secondary N) is 1. The van der Waals surface area contributed by atoms with Crippen LogP contribution >= 0.6 is 11.6 Å². The fourth-order valence-electron chi connectivity index (χ4n) is 3.02. The van der Waals surface area contributed by atoms with Gasteiger partial charge in [0.2, 0.25) is 0 Å². The summed E-state index contributed by atoms with van der Waals surface area (Å²) in [5.74, 6) is -0.190. The van der Waals surface area contributed by atoms with E-state index in [9.17, 15) is 18.0 Å². The van der Waals surface area contributed by atoms with Gasteiger partial charge in [-0.25, -0.2) is 9.50 Å². The number of hydrogen-bond donors (Lipinski definition) is 1. The number of carbonyl (C=O) groups excluding carboxylic acids is 1. The van der Waals surface area contributed by atoms with Crippen LogP contribution in [0.25, 0.3) is 16.9 Å². The van der Waals surface area contributed by atoms with Crippen LogP contribution < -0.4 is 10.1 Å². The Bertz CT molecular complexity index is 1270. The molecule has 0 aliphatic rings. The third-order valence-corrected chi connectivity index (χ3v) is 4.95. The Labute approximate surface area is 184 Å². The first-order valence-corrected chi connectivity index (χ1v) is 9.63. The lowest BCUT2D eigenvalue weighted by atomic mass is 10.1. The number of carbonyl (C=O) groups is 1. The average Bonchev–Trinajstić information content (AvgIpc) is 3.13. The molecule has 4 rings (SSSR count). The first-order valence-electron chi connectivity index (χ1n) is 9.26. The second-order valence-corrected chi connectivity index (χ2v) is 7.07. The molecule has 1 N–H and O–H groups in total. The van der Waals surface area contributed by atoms with Crippen molar-refractivity contribution in [2.24, 2.45) is 0 Å². The summed E-state index contributed by atoms with van der Waals surface area (Å²) >= 11 is 6.26.